The predicted molar refractivity (Wildman–Crippen MR) is 113 cm³/mol. The zero-order chi connectivity index (χ0) is 20.2. The van der Waals surface area contributed by atoms with Crippen molar-refractivity contribution in [2.45, 2.75) is 51.7 Å². The summed E-state index contributed by atoms with van der Waals surface area (Å²) in [5, 5.41) is 9.69. The van der Waals surface area contributed by atoms with Crippen LogP contribution in [-0.4, -0.2) is 37.6 Å². The van der Waals surface area contributed by atoms with Gasteiger partial charge in [0.25, 0.3) is 0 Å². The Morgan fingerprint density at radius 2 is 1.68 bits per heavy atom. The lowest BCUT2D eigenvalue weighted by atomic mass is 9.88. The standard InChI is InChI=1S/C24H34O4/c1-4-5-17-27-19(2)24(28-23-9-7-6-8-10-23)21(15-16-25)18-20-11-13-22(26-3)14-12-20/h6-14,19,21,24-25H,4-5,15-18H2,1-3H3/t19-,21+,24-/m0/s1. The molecule has 0 radical (unpaired) electrons. The summed E-state index contributed by atoms with van der Waals surface area (Å²) in [6, 6.07) is 17.9. The van der Waals surface area contributed by atoms with Crippen LogP contribution in [-0.2, 0) is 11.2 Å². The first-order valence-corrected chi connectivity index (χ1v) is 10.2. The summed E-state index contributed by atoms with van der Waals surface area (Å²) < 4.78 is 17.7. The molecule has 2 aromatic rings. The maximum Gasteiger partial charge on any atom is 0.128 e. The molecule has 0 heterocycles. The van der Waals surface area contributed by atoms with E-state index in [0.29, 0.717) is 6.42 Å². The number of hydrogen-bond acceptors (Lipinski definition) is 4. The van der Waals surface area contributed by atoms with Gasteiger partial charge in [-0.3, -0.25) is 0 Å². The lowest BCUT2D eigenvalue weighted by molar-refractivity contribution is -0.0441. The van der Waals surface area contributed by atoms with Gasteiger partial charge >= 0.3 is 0 Å². The Morgan fingerprint density at radius 1 is 0.964 bits per heavy atom. The van der Waals surface area contributed by atoms with Gasteiger partial charge in [0.15, 0.2) is 0 Å². The fourth-order valence-electron chi connectivity index (χ4n) is 3.35. The van der Waals surface area contributed by atoms with Crippen LogP contribution < -0.4 is 9.47 Å². The normalized spacial score (nSPS) is 14.3. The van der Waals surface area contributed by atoms with E-state index in [1.807, 2.05) is 42.5 Å². The molecule has 0 unspecified atom stereocenters. The average molecular weight is 387 g/mol. The van der Waals surface area contributed by atoms with E-state index in [4.69, 9.17) is 14.2 Å². The van der Waals surface area contributed by atoms with Gasteiger partial charge in [-0.1, -0.05) is 43.7 Å². The van der Waals surface area contributed by atoms with Crippen LogP contribution in [0.4, 0.5) is 0 Å². The highest BCUT2D eigenvalue weighted by molar-refractivity contribution is 5.28. The van der Waals surface area contributed by atoms with Crippen LogP contribution in [0, 0.1) is 5.92 Å². The summed E-state index contributed by atoms with van der Waals surface area (Å²) in [5.74, 6) is 1.81. The first kappa shape index (κ1) is 22.3. The van der Waals surface area contributed by atoms with Crippen LogP contribution in [0.1, 0.15) is 38.7 Å². The van der Waals surface area contributed by atoms with Gasteiger partial charge in [-0.2, -0.15) is 0 Å². The van der Waals surface area contributed by atoms with Gasteiger partial charge in [0.2, 0.25) is 0 Å². The molecule has 0 spiro atoms. The summed E-state index contributed by atoms with van der Waals surface area (Å²) >= 11 is 0. The monoisotopic (exact) mass is 386 g/mol. The highest BCUT2D eigenvalue weighted by Gasteiger charge is 2.29. The van der Waals surface area contributed by atoms with Crippen LogP contribution >= 0.6 is 0 Å². The van der Waals surface area contributed by atoms with Crippen molar-refractivity contribution in [3.05, 3.63) is 60.2 Å². The molecule has 0 saturated heterocycles. The Hall–Kier alpha value is -2.04. The number of ether oxygens (including phenoxy) is 3. The van der Waals surface area contributed by atoms with Crippen molar-refractivity contribution in [1.82, 2.24) is 0 Å². The molecular weight excluding hydrogens is 352 g/mol. The molecule has 154 valence electrons. The summed E-state index contributed by atoms with van der Waals surface area (Å²) in [6.07, 6.45) is 3.39. The van der Waals surface area contributed by atoms with Gasteiger partial charge in [0.1, 0.15) is 17.6 Å². The van der Waals surface area contributed by atoms with Crippen molar-refractivity contribution in [3.8, 4) is 11.5 Å². The highest BCUT2D eigenvalue weighted by Crippen LogP contribution is 2.26. The molecule has 0 bridgehead atoms. The quantitative estimate of drug-likeness (QED) is 0.498. The lowest BCUT2D eigenvalue weighted by Gasteiger charge is -2.32. The number of aliphatic hydroxyl groups is 1. The van der Waals surface area contributed by atoms with Crippen LogP contribution in [0.2, 0.25) is 0 Å². The van der Waals surface area contributed by atoms with Gasteiger partial charge in [0, 0.05) is 19.1 Å². The van der Waals surface area contributed by atoms with Gasteiger partial charge in [-0.15, -0.1) is 0 Å². The first-order valence-electron chi connectivity index (χ1n) is 10.2. The highest BCUT2D eigenvalue weighted by atomic mass is 16.5. The Labute approximate surface area is 169 Å². The molecule has 0 aromatic heterocycles. The second kappa shape index (κ2) is 12.4. The first-order chi connectivity index (χ1) is 13.7. The fourth-order valence-corrected chi connectivity index (χ4v) is 3.35. The van der Waals surface area contributed by atoms with Crippen molar-refractivity contribution in [3.63, 3.8) is 0 Å². The third kappa shape index (κ3) is 7.17. The van der Waals surface area contributed by atoms with E-state index >= 15 is 0 Å². The fraction of sp³-hybridized carbons (Fsp3) is 0.500. The largest absolute Gasteiger partial charge is 0.497 e. The summed E-state index contributed by atoms with van der Waals surface area (Å²) in [4.78, 5) is 0. The van der Waals surface area contributed by atoms with Crippen molar-refractivity contribution in [1.29, 1.82) is 0 Å². The minimum Gasteiger partial charge on any atom is -0.497 e. The van der Waals surface area contributed by atoms with Crippen molar-refractivity contribution in [2.24, 2.45) is 5.92 Å². The smallest absolute Gasteiger partial charge is 0.128 e. The second-order valence-electron chi connectivity index (χ2n) is 7.15. The Balaban J connectivity index is 2.17. The van der Waals surface area contributed by atoms with Gasteiger partial charge < -0.3 is 19.3 Å². The van der Waals surface area contributed by atoms with E-state index in [1.165, 1.54) is 5.56 Å². The molecule has 0 aliphatic heterocycles. The zero-order valence-corrected chi connectivity index (χ0v) is 17.3. The predicted octanol–water partition coefficient (Wildman–Crippen LogP) is 4.89. The lowest BCUT2D eigenvalue weighted by Crippen LogP contribution is -2.40. The number of hydrogen-bond donors (Lipinski definition) is 1. The summed E-state index contributed by atoms with van der Waals surface area (Å²) in [5.41, 5.74) is 1.20. The number of rotatable bonds is 13. The molecular formula is C24H34O4. The summed E-state index contributed by atoms with van der Waals surface area (Å²) in [6.45, 7) is 5.07. The Morgan fingerprint density at radius 3 is 2.29 bits per heavy atom. The van der Waals surface area contributed by atoms with Gasteiger partial charge in [-0.05, 0) is 56.0 Å². The molecule has 0 fully saturated rings. The van der Waals surface area contributed by atoms with Crippen LogP contribution in [0.25, 0.3) is 0 Å². The third-order valence-electron chi connectivity index (χ3n) is 4.98. The number of para-hydroxylation sites is 1. The van der Waals surface area contributed by atoms with E-state index in [1.54, 1.807) is 7.11 Å². The Bertz CT molecular complexity index is 641. The van der Waals surface area contributed by atoms with Crippen molar-refractivity contribution < 1.29 is 19.3 Å². The van der Waals surface area contributed by atoms with Crippen LogP contribution in [0.5, 0.6) is 11.5 Å². The van der Waals surface area contributed by atoms with E-state index < -0.39 is 0 Å². The van der Waals surface area contributed by atoms with E-state index in [-0.39, 0.29) is 24.7 Å². The summed E-state index contributed by atoms with van der Waals surface area (Å²) in [7, 11) is 1.67. The third-order valence-corrected chi connectivity index (χ3v) is 4.98. The molecule has 4 nitrogen and oxygen atoms in total. The molecule has 1 N–H and O–H groups in total. The SMILES string of the molecule is CCCCO[C@@H](C)[C@H](Oc1ccccc1)[C@H](CCO)Cc1ccc(OC)cc1. The Kier molecular flexibility index (Phi) is 9.87. The molecule has 28 heavy (non-hydrogen) atoms. The molecule has 0 aliphatic rings. The van der Waals surface area contributed by atoms with Gasteiger partial charge in [0.05, 0.1) is 13.2 Å². The van der Waals surface area contributed by atoms with Crippen LogP contribution in [0.3, 0.4) is 0 Å². The minimum atomic E-state index is -0.145. The number of methoxy groups -OCH3 is 1. The molecule has 4 heteroatoms. The van der Waals surface area contributed by atoms with Crippen molar-refractivity contribution in [2.75, 3.05) is 20.3 Å². The molecule has 0 saturated carbocycles. The molecule has 3 atom stereocenters. The molecule has 2 aromatic carbocycles. The second-order valence-corrected chi connectivity index (χ2v) is 7.15. The molecule has 0 aliphatic carbocycles. The van der Waals surface area contributed by atoms with E-state index in [2.05, 4.69) is 26.0 Å². The van der Waals surface area contributed by atoms with Gasteiger partial charge in [-0.25, -0.2) is 0 Å². The van der Waals surface area contributed by atoms with Crippen molar-refractivity contribution >= 4 is 0 Å². The zero-order valence-electron chi connectivity index (χ0n) is 17.3. The minimum absolute atomic E-state index is 0.0680. The molecule has 0 amide bonds. The topological polar surface area (TPSA) is 47.9 Å². The maximum atomic E-state index is 9.69. The average Bonchev–Trinajstić information content (AvgIpc) is 2.73. The number of aliphatic hydroxyl groups excluding tert-OH is 1. The maximum absolute atomic E-state index is 9.69. The van der Waals surface area contributed by atoms with E-state index in [9.17, 15) is 5.11 Å². The molecule has 2 rings (SSSR count). The number of benzene rings is 2. The van der Waals surface area contributed by atoms with Crippen LogP contribution in [0.15, 0.2) is 54.6 Å². The number of unbranched alkanes of at least 4 members (excludes halogenated alkanes) is 1. The van der Waals surface area contributed by atoms with E-state index in [0.717, 1.165) is 37.4 Å².